The molecule has 6 heteroatoms. The number of hydrogen-bond acceptors (Lipinski definition) is 5. The number of anilines is 1. The molecular formula is C15H21N3O2S. The molecule has 0 bridgehead atoms. The predicted octanol–water partition coefficient (Wildman–Crippen LogP) is 3.20. The molecule has 0 saturated carbocycles. The number of carbonyl (C=O) groups is 1. The quantitative estimate of drug-likeness (QED) is 0.881. The molecule has 0 fully saturated rings. The fourth-order valence-corrected chi connectivity index (χ4v) is 2.82. The summed E-state index contributed by atoms with van der Waals surface area (Å²) in [5.41, 5.74) is 7.77. The Bertz CT molecular complexity index is 638. The highest BCUT2D eigenvalue weighted by atomic mass is 32.1. The van der Waals surface area contributed by atoms with Crippen LogP contribution in [0.25, 0.3) is 0 Å². The minimum Gasteiger partial charge on any atom is -0.454 e. The van der Waals surface area contributed by atoms with E-state index < -0.39 is 0 Å². The number of aromatic nitrogens is 2. The van der Waals surface area contributed by atoms with Crippen molar-refractivity contribution in [1.82, 2.24) is 9.55 Å². The van der Waals surface area contributed by atoms with Gasteiger partial charge in [0.15, 0.2) is 0 Å². The van der Waals surface area contributed by atoms with E-state index in [0.717, 1.165) is 10.7 Å². The second-order valence-electron chi connectivity index (χ2n) is 5.90. The van der Waals surface area contributed by atoms with Crippen molar-refractivity contribution in [1.29, 1.82) is 0 Å². The maximum atomic E-state index is 12.1. The Kier molecular flexibility index (Phi) is 4.37. The Morgan fingerprint density at radius 2 is 2.19 bits per heavy atom. The van der Waals surface area contributed by atoms with Crippen molar-refractivity contribution < 1.29 is 9.53 Å². The third kappa shape index (κ3) is 3.64. The van der Waals surface area contributed by atoms with E-state index in [1.807, 2.05) is 12.3 Å². The fourth-order valence-electron chi connectivity index (χ4n) is 1.89. The minimum atomic E-state index is -0.374. The summed E-state index contributed by atoms with van der Waals surface area (Å²) in [6.07, 6.45) is 1.73. The maximum Gasteiger partial charge on any atom is 0.355 e. The first-order chi connectivity index (χ1) is 9.81. The van der Waals surface area contributed by atoms with Gasteiger partial charge in [-0.3, -0.25) is 0 Å². The molecule has 0 aliphatic rings. The topological polar surface area (TPSA) is 70.1 Å². The summed E-state index contributed by atoms with van der Waals surface area (Å²) in [6, 6.07) is 1.63. The van der Waals surface area contributed by atoms with Gasteiger partial charge in [-0.2, -0.15) is 0 Å². The number of esters is 1. The zero-order chi connectivity index (χ0) is 15.6. The molecule has 21 heavy (non-hydrogen) atoms. The molecule has 0 unspecified atom stereocenters. The van der Waals surface area contributed by atoms with E-state index in [2.05, 4.69) is 25.8 Å². The summed E-state index contributed by atoms with van der Waals surface area (Å²) in [4.78, 5) is 16.6. The molecule has 2 N–H and O–H groups in total. The van der Waals surface area contributed by atoms with Crippen LogP contribution in [0.15, 0.2) is 17.6 Å². The van der Waals surface area contributed by atoms with E-state index in [9.17, 15) is 4.79 Å². The lowest BCUT2D eigenvalue weighted by molar-refractivity contribution is 0.0459. The average molecular weight is 307 g/mol. The highest BCUT2D eigenvalue weighted by Gasteiger charge is 2.19. The van der Waals surface area contributed by atoms with Gasteiger partial charge in [0.2, 0.25) is 0 Å². The van der Waals surface area contributed by atoms with Crippen LogP contribution in [0.4, 0.5) is 5.69 Å². The van der Waals surface area contributed by atoms with Crippen molar-refractivity contribution in [2.75, 3.05) is 5.73 Å². The zero-order valence-electron chi connectivity index (χ0n) is 12.8. The Hall–Kier alpha value is -1.82. The molecule has 0 amide bonds. The zero-order valence-corrected chi connectivity index (χ0v) is 13.7. The Labute approximate surface area is 128 Å². The molecule has 114 valence electrons. The van der Waals surface area contributed by atoms with Gasteiger partial charge in [0, 0.05) is 23.5 Å². The maximum absolute atomic E-state index is 12.1. The van der Waals surface area contributed by atoms with Gasteiger partial charge in [0.1, 0.15) is 17.3 Å². The lowest BCUT2D eigenvalue weighted by Gasteiger charge is -2.14. The van der Waals surface area contributed by atoms with Crippen molar-refractivity contribution in [3.8, 4) is 0 Å². The number of hydrogen-bond donors (Lipinski definition) is 1. The van der Waals surface area contributed by atoms with E-state index in [-0.39, 0.29) is 18.0 Å². The summed E-state index contributed by atoms with van der Waals surface area (Å²) >= 11 is 1.51. The van der Waals surface area contributed by atoms with E-state index >= 15 is 0 Å². The van der Waals surface area contributed by atoms with E-state index in [1.165, 1.54) is 11.3 Å². The second-order valence-corrected chi connectivity index (χ2v) is 6.84. The standard InChI is InChI=1S/C15H21N3O2S/c1-5-18-7-10(16)6-11(18)14(19)20-8-13-17-12(9-21-13)15(2,3)4/h6-7,9H,5,8,16H2,1-4H3. The van der Waals surface area contributed by atoms with Crippen LogP contribution in [-0.2, 0) is 23.3 Å². The molecule has 0 spiro atoms. The predicted molar refractivity (Wildman–Crippen MR) is 84.5 cm³/mol. The summed E-state index contributed by atoms with van der Waals surface area (Å²) in [5.74, 6) is -0.374. The van der Waals surface area contributed by atoms with Crippen molar-refractivity contribution in [2.45, 2.75) is 46.3 Å². The van der Waals surface area contributed by atoms with Crippen LogP contribution in [0.5, 0.6) is 0 Å². The lowest BCUT2D eigenvalue weighted by Crippen LogP contribution is -2.13. The Morgan fingerprint density at radius 3 is 2.76 bits per heavy atom. The van der Waals surface area contributed by atoms with Gasteiger partial charge in [-0.15, -0.1) is 11.3 Å². The normalized spacial score (nSPS) is 11.6. The van der Waals surface area contributed by atoms with Crippen LogP contribution in [0, 0.1) is 0 Å². The largest absolute Gasteiger partial charge is 0.454 e. The number of carbonyl (C=O) groups excluding carboxylic acids is 1. The summed E-state index contributed by atoms with van der Waals surface area (Å²) < 4.78 is 7.11. The van der Waals surface area contributed by atoms with Gasteiger partial charge < -0.3 is 15.0 Å². The smallest absolute Gasteiger partial charge is 0.355 e. The molecule has 0 aromatic carbocycles. The number of ether oxygens (including phenoxy) is 1. The van der Waals surface area contributed by atoms with Gasteiger partial charge in [0.05, 0.1) is 11.4 Å². The van der Waals surface area contributed by atoms with Crippen LogP contribution >= 0.6 is 11.3 Å². The molecule has 2 rings (SSSR count). The molecule has 0 atom stereocenters. The number of thiazole rings is 1. The van der Waals surface area contributed by atoms with Crippen molar-refractivity contribution in [3.63, 3.8) is 0 Å². The Balaban J connectivity index is 2.02. The second kappa shape index (κ2) is 5.89. The molecule has 0 saturated heterocycles. The summed E-state index contributed by atoms with van der Waals surface area (Å²) in [7, 11) is 0. The van der Waals surface area contributed by atoms with Crippen LogP contribution in [0.1, 0.15) is 48.9 Å². The van der Waals surface area contributed by atoms with E-state index in [4.69, 9.17) is 10.5 Å². The van der Waals surface area contributed by atoms with Crippen molar-refractivity contribution in [2.24, 2.45) is 0 Å². The summed E-state index contributed by atoms with van der Waals surface area (Å²) in [6.45, 7) is 9.13. The SMILES string of the molecule is CCn1cc(N)cc1C(=O)OCc1nc(C(C)(C)C)cs1. The highest BCUT2D eigenvalue weighted by molar-refractivity contribution is 7.09. The first kappa shape index (κ1) is 15.6. The first-order valence-electron chi connectivity index (χ1n) is 6.89. The molecule has 0 aliphatic heterocycles. The molecule has 2 aromatic heterocycles. The number of rotatable bonds is 4. The van der Waals surface area contributed by atoms with Crippen LogP contribution in [0.2, 0.25) is 0 Å². The van der Waals surface area contributed by atoms with Crippen molar-refractivity contribution >= 4 is 23.0 Å². The van der Waals surface area contributed by atoms with Gasteiger partial charge in [-0.25, -0.2) is 9.78 Å². The molecule has 2 aromatic rings. The van der Waals surface area contributed by atoms with Crippen LogP contribution in [-0.4, -0.2) is 15.5 Å². The first-order valence-corrected chi connectivity index (χ1v) is 7.77. The third-order valence-electron chi connectivity index (χ3n) is 3.11. The molecule has 5 nitrogen and oxygen atoms in total. The third-order valence-corrected chi connectivity index (χ3v) is 3.94. The minimum absolute atomic E-state index is 0.00409. The molecule has 0 aliphatic carbocycles. The van der Waals surface area contributed by atoms with Crippen LogP contribution in [0.3, 0.4) is 0 Å². The monoisotopic (exact) mass is 307 g/mol. The number of nitrogen functional groups attached to an aromatic ring is 1. The summed E-state index contributed by atoms with van der Waals surface area (Å²) in [5, 5.41) is 2.81. The lowest BCUT2D eigenvalue weighted by atomic mass is 9.93. The molecular weight excluding hydrogens is 286 g/mol. The molecule has 0 radical (unpaired) electrons. The van der Waals surface area contributed by atoms with E-state index in [1.54, 1.807) is 16.8 Å². The van der Waals surface area contributed by atoms with Crippen LogP contribution < -0.4 is 5.73 Å². The number of nitrogens with zero attached hydrogens (tertiary/aromatic N) is 2. The molecule has 2 heterocycles. The van der Waals surface area contributed by atoms with Gasteiger partial charge in [0.25, 0.3) is 0 Å². The van der Waals surface area contributed by atoms with Gasteiger partial charge in [-0.05, 0) is 13.0 Å². The van der Waals surface area contributed by atoms with Gasteiger partial charge in [-0.1, -0.05) is 20.8 Å². The number of aryl methyl sites for hydroxylation is 1. The average Bonchev–Trinajstić information content (AvgIpc) is 3.01. The van der Waals surface area contributed by atoms with Crippen molar-refractivity contribution in [3.05, 3.63) is 34.0 Å². The fraction of sp³-hybridized carbons (Fsp3) is 0.467. The highest BCUT2D eigenvalue weighted by Crippen LogP contribution is 2.24. The Morgan fingerprint density at radius 1 is 1.48 bits per heavy atom. The van der Waals surface area contributed by atoms with Gasteiger partial charge >= 0.3 is 5.97 Å². The number of nitrogens with two attached hydrogens (primary N) is 1. The van der Waals surface area contributed by atoms with E-state index in [0.29, 0.717) is 17.9 Å².